The maximum absolute atomic E-state index is 11.8. The largest absolute Gasteiger partial charge is 0.479 e. The predicted molar refractivity (Wildman–Crippen MR) is 70.5 cm³/mol. The number of hydrogen-bond donors (Lipinski definition) is 2. The van der Waals surface area contributed by atoms with E-state index in [1.807, 2.05) is 0 Å². The van der Waals surface area contributed by atoms with Crippen LogP contribution in [0.1, 0.15) is 18.4 Å². The van der Waals surface area contributed by atoms with Crippen LogP contribution >= 0.6 is 0 Å². The third-order valence-corrected chi connectivity index (χ3v) is 3.18. The quantitative estimate of drug-likeness (QED) is 0.613. The number of amides is 1. The molecular weight excluding hydrogens is 280 g/mol. The number of nitro groups is 1. The van der Waals surface area contributed by atoms with E-state index in [1.165, 1.54) is 18.2 Å². The summed E-state index contributed by atoms with van der Waals surface area (Å²) >= 11 is 0. The van der Waals surface area contributed by atoms with Crippen molar-refractivity contribution in [3.05, 3.63) is 39.9 Å². The summed E-state index contributed by atoms with van der Waals surface area (Å²) in [6, 6.07) is 5.92. The molecule has 1 saturated heterocycles. The van der Waals surface area contributed by atoms with Gasteiger partial charge in [0.05, 0.1) is 4.92 Å². The molecule has 0 aromatic heterocycles. The molecule has 8 heteroatoms. The van der Waals surface area contributed by atoms with Gasteiger partial charge in [-0.2, -0.15) is 0 Å². The smallest absolute Gasteiger partial charge is 0.332 e. The molecule has 8 nitrogen and oxygen atoms in total. The van der Waals surface area contributed by atoms with Crippen molar-refractivity contribution in [1.82, 2.24) is 5.32 Å². The highest BCUT2D eigenvalue weighted by Gasteiger charge is 2.34. The van der Waals surface area contributed by atoms with Gasteiger partial charge < -0.3 is 15.2 Å². The van der Waals surface area contributed by atoms with Crippen LogP contribution in [0.5, 0.6) is 0 Å². The molecule has 2 N–H and O–H groups in total. The van der Waals surface area contributed by atoms with Crippen LogP contribution in [0.25, 0.3) is 0 Å². The summed E-state index contributed by atoms with van der Waals surface area (Å²) in [5.74, 6) is -1.49. The molecule has 0 spiro atoms. The van der Waals surface area contributed by atoms with E-state index in [4.69, 9.17) is 9.84 Å². The molecule has 112 valence electrons. The van der Waals surface area contributed by atoms with Crippen LogP contribution in [0.3, 0.4) is 0 Å². The second kappa shape index (κ2) is 6.31. The third kappa shape index (κ3) is 3.76. The molecule has 1 fully saturated rings. The van der Waals surface area contributed by atoms with Gasteiger partial charge >= 0.3 is 5.97 Å². The first-order valence-electron chi connectivity index (χ1n) is 6.36. The fourth-order valence-corrected chi connectivity index (χ4v) is 2.09. The molecule has 1 heterocycles. The lowest BCUT2D eigenvalue weighted by molar-refractivity contribution is -0.384. The summed E-state index contributed by atoms with van der Waals surface area (Å²) in [5.41, 5.74) is 0.537. The van der Waals surface area contributed by atoms with Gasteiger partial charge in [-0.05, 0) is 18.4 Å². The number of hydrogen-bond acceptors (Lipinski definition) is 5. The van der Waals surface area contributed by atoms with Crippen LogP contribution in [0.4, 0.5) is 5.69 Å². The minimum atomic E-state index is -1.08. The minimum Gasteiger partial charge on any atom is -0.479 e. The van der Waals surface area contributed by atoms with E-state index in [0.29, 0.717) is 18.4 Å². The van der Waals surface area contributed by atoms with Gasteiger partial charge in [0.25, 0.3) is 5.69 Å². The Hall–Kier alpha value is -2.48. The Morgan fingerprint density at radius 3 is 2.71 bits per heavy atom. The Bertz CT molecular complexity index is 574. The summed E-state index contributed by atoms with van der Waals surface area (Å²) in [5, 5.41) is 22.0. The Morgan fingerprint density at radius 1 is 1.38 bits per heavy atom. The number of nitro benzene ring substituents is 1. The fourth-order valence-electron chi connectivity index (χ4n) is 2.09. The maximum Gasteiger partial charge on any atom is 0.332 e. The van der Waals surface area contributed by atoms with E-state index in [0.717, 1.165) is 0 Å². The number of benzene rings is 1. The van der Waals surface area contributed by atoms with Crippen molar-refractivity contribution in [2.24, 2.45) is 0 Å². The van der Waals surface area contributed by atoms with Gasteiger partial charge in [-0.3, -0.25) is 14.9 Å². The third-order valence-electron chi connectivity index (χ3n) is 3.18. The molecule has 1 aromatic carbocycles. The first kappa shape index (κ1) is 14.9. The fraction of sp³-hybridized carbons (Fsp3) is 0.385. The Kier molecular flexibility index (Phi) is 4.49. The zero-order valence-electron chi connectivity index (χ0n) is 11.0. The molecule has 1 aliphatic rings. The topological polar surface area (TPSA) is 119 Å². The van der Waals surface area contributed by atoms with Crippen LogP contribution < -0.4 is 5.32 Å². The van der Waals surface area contributed by atoms with Crippen molar-refractivity contribution in [3.63, 3.8) is 0 Å². The number of ether oxygens (including phenoxy) is 1. The van der Waals surface area contributed by atoms with Crippen LogP contribution in [-0.4, -0.2) is 34.1 Å². The number of nitrogens with one attached hydrogen (secondary N) is 1. The zero-order valence-corrected chi connectivity index (χ0v) is 11.0. The molecule has 21 heavy (non-hydrogen) atoms. The highest BCUT2D eigenvalue weighted by molar-refractivity contribution is 5.82. The van der Waals surface area contributed by atoms with Crippen molar-refractivity contribution < 1.29 is 24.4 Å². The number of carboxylic acids is 1. The van der Waals surface area contributed by atoms with Gasteiger partial charge in [0, 0.05) is 18.7 Å². The average Bonchev–Trinajstić information content (AvgIpc) is 2.95. The predicted octanol–water partition coefficient (Wildman–Crippen LogP) is 0.843. The van der Waals surface area contributed by atoms with Crippen molar-refractivity contribution in [3.8, 4) is 0 Å². The van der Waals surface area contributed by atoms with Crippen molar-refractivity contribution >= 4 is 17.6 Å². The monoisotopic (exact) mass is 294 g/mol. The number of nitrogens with zero attached hydrogens (tertiary/aromatic N) is 1. The highest BCUT2D eigenvalue weighted by atomic mass is 16.6. The zero-order chi connectivity index (χ0) is 15.4. The number of carboxylic acid groups (broad SMARTS) is 1. The van der Waals surface area contributed by atoms with Crippen LogP contribution in [-0.2, 0) is 20.9 Å². The maximum atomic E-state index is 11.8. The van der Waals surface area contributed by atoms with Gasteiger partial charge in [-0.25, -0.2) is 4.79 Å². The first-order valence-corrected chi connectivity index (χ1v) is 6.36. The lowest BCUT2D eigenvalue weighted by atomic mass is 10.1. The van der Waals surface area contributed by atoms with Crippen molar-refractivity contribution in [1.29, 1.82) is 0 Å². The van der Waals surface area contributed by atoms with Gasteiger partial charge in [0.15, 0.2) is 6.10 Å². The standard InChI is InChI=1S/C13H14N2O6/c16-12(10-4-5-11(21-10)13(17)18)14-7-8-2-1-3-9(6-8)15(19)20/h1-3,6,10-11H,4-5,7H2,(H,14,16)(H,17,18)/t10-,11+/m0/s1. The Labute approximate surface area is 119 Å². The molecule has 1 aliphatic heterocycles. The molecule has 0 radical (unpaired) electrons. The molecule has 0 bridgehead atoms. The van der Waals surface area contributed by atoms with Gasteiger partial charge in [0.2, 0.25) is 5.91 Å². The molecule has 2 rings (SSSR count). The summed E-state index contributed by atoms with van der Waals surface area (Å²) in [4.78, 5) is 32.7. The highest BCUT2D eigenvalue weighted by Crippen LogP contribution is 2.20. The number of carbonyl (C=O) groups is 2. The van der Waals surface area contributed by atoms with Crippen molar-refractivity contribution in [2.45, 2.75) is 31.6 Å². The molecule has 2 atom stereocenters. The molecule has 0 unspecified atom stereocenters. The lowest BCUT2D eigenvalue weighted by Gasteiger charge is -2.11. The number of aliphatic carboxylic acids is 1. The number of non-ortho nitro benzene ring substituents is 1. The number of rotatable bonds is 5. The van der Waals surface area contributed by atoms with Crippen LogP contribution in [0, 0.1) is 10.1 Å². The summed E-state index contributed by atoms with van der Waals surface area (Å²) in [7, 11) is 0. The Balaban J connectivity index is 1.88. The van der Waals surface area contributed by atoms with E-state index in [9.17, 15) is 19.7 Å². The van der Waals surface area contributed by atoms with E-state index in [2.05, 4.69) is 5.32 Å². The second-order valence-corrected chi connectivity index (χ2v) is 4.67. The van der Waals surface area contributed by atoms with E-state index < -0.39 is 29.0 Å². The van der Waals surface area contributed by atoms with E-state index in [-0.39, 0.29) is 12.2 Å². The molecule has 0 saturated carbocycles. The summed E-state index contributed by atoms with van der Waals surface area (Å²) in [6.07, 6.45) is -1.09. The molecule has 0 aliphatic carbocycles. The van der Waals surface area contributed by atoms with Gasteiger partial charge in [-0.15, -0.1) is 0 Å². The Morgan fingerprint density at radius 2 is 2.10 bits per heavy atom. The SMILES string of the molecule is O=C(NCc1cccc([N+](=O)[O-])c1)[C@@H]1CC[C@H](C(=O)O)O1. The normalized spacial score (nSPS) is 21.0. The number of carbonyl (C=O) groups excluding carboxylic acids is 1. The minimum absolute atomic E-state index is 0.0511. The average molecular weight is 294 g/mol. The second-order valence-electron chi connectivity index (χ2n) is 4.67. The molecular formula is C13H14N2O6. The molecule has 1 amide bonds. The van der Waals surface area contributed by atoms with Crippen molar-refractivity contribution in [2.75, 3.05) is 0 Å². The van der Waals surface area contributed by atoms with E-state index >= 15 is 0 Å². The molecule has 1 aromatic rings. The van der Waals surface area contributed by atoms with Crippen LogP contribution in [0.15, 0.2) is 24.3 Å². The van der Waals surface area contributed by atoms with Crippen LogP contribution in [0.2, 0.25) is 0 Å². The van der Waals surface area contributed by atoms with Gasteiger partial charge in [0.1, 0.15) is 6.10 Å². The first-order chi connectivity index (χ1) is 9.97. The van der Waals surface area contributed by atoms with E-state index in [1.54, 1.807) is 6.07 Å². The van der Waals surface area contributed by atoms with Gasteiger partial charge in [-0.1, -0.05) is 12.1 Å². The lowest BCUT2D eigenvalue weighted by Crippen LogP contribution is -2.35. The summed E-state index contributed by atoms with van der Waals surface area (Å²) in [6.45, 7) is 0.123. The summed E-state index contributed by atoms with van der Waals surface area (Å²) < 4.78 is 5.12.